The molecule has 27 heavy (non-hydrogen) atoms. The fourth-order valence-corrected chi connectivity index (χ4v) is 3.97. The second-order valence-corrected chi connectivity index (χ2v) is 6.86. The average molecular weight is 391 g/mol. The van der Waals surface area contributed by atoms with Crippen molar-refractivity contribution in [3.8, 4) is 5.75 Å². The summed E-state index contributed by atoms with van der Waals surface area (Å²) in [5, 5.41) is 1.14. The lowest BCUT2D eigenvalue weighted by molar-refractivity contribution is 0.0212. The van der Waals surface area contributed by atoms with Gasteiger partial charge in [0.25, 0.3) is 12.3 Å². The fraction of sp³-hybridized carbons (Fsp3) is 0.250. The van der Waals surface area contributed by atoms with E-state index in [1.807, 2.05) is 0 Å². The van der Waals surface area contributed by atoms with Crippen molar-refractivity contribution in [2.24, 2.45) is 7.05 Å². The summed E-state index contributed by atoms with van der Waals surface area (Å²) in [5.74, 6) is -0.0764. The SMILES string of the molecule is Cn1cc(C(=O)N2CCOc3ccccc3C2C(F)F)c2cccc(Cl)c21. The van der Waals surface area contributed by atoms with Crippen LogP contribution in [0.1, 0.15) is 22.0 Å². The molecule has 7 heteroatoms. The van der Waals surface area contributed by atoms with E-state index in [-0.39, 0.29) is 13.2 Å². The summed E-state index contributed by atoms with van der Waals surface area (Å²) in [5.41, 5.74) is 1.36. The molecule has 0 spiro atoms. The van der Waals surface area contributed by atoms with Gasteiger partial charge >= 0.3 is 0 Å². The lowest BCUT2D eigenvalue weighted by Crippen LogP contribution is -2.39. The first-order valence-electron chi connectivity index (χ1n) is 8.53. The number of para-hydroxylation sites is 2. The standard InChI is InChI=1S/C20H17ClF2N2O2/c1-24-11-14(12-6-4-7-15(21)17(12)24)20(26)25-9-10-27-16-8-3-2-5-13(16)18(25)19(22)23/h2-8,11,18-19H,9-10H2,1H3. The number of carbonyl (C=O) groups is 1. The normalized spacial score (nSPS) is 16.9. The monoisotopic (exact) mass is 390 g/mol. The summed E-state index contributed by atoms with van der Waals surface area (Å²) < 4.78 is 35.4. The van der Waals surface area contributed by atoms with E-state index in [0.29, 0.717) is 32.8 Å². The molecule has 1 aliphatic rings. The predicted octanol–water partition coefficient (Wildman–Crippen LogP) is 4.67. The third-order valence-corrected chi connectivity index (χ3v) is 5.15. The smallest absolute Gasteiger partial charge is 0.262 e. The quantitative estimate of drug-likeness (QED) is 0.637. The molecular formula is C20H17ClF2N2O2. The van der Waals surface area contributed by atoms with Gasteiger partial charge in [-0.1, -0.05) is 41.9 Å². The zero-order valence-corrected chi connectivity index (χ0v) is 15.3. The number of rotatable bonds is 2. The zero-order chi connectivity index (χ0) is 19.1. The minimum atomic E-state index is -2.74. The van der Waals surface area contributed by atoms with Crippen LogP contribution < -0.4 is 4.74 Å². The maximum atomic E-state index is 14.0. The van der Waals surface area contributed by atoms with Crippen LogP contribution in [0.4, 0.5) is 8.78 Å². The minimum absolute atomic E-state index is 0.0689. The highest BCUT2D eigenvalue weighted by Gasteiger charge is 2.37. The molecule has 0 bridgehead atoms. The summed E-state index contributed by atoms with van der Waals surface area (Å²) in [4.78, 5) is 14.5. The van der Waals surface area contributed by atoms with Crippen molar-refractivity contribution in [1.82, 2.24) is 9.47 Å². The van der Waals surface area contributed by atoms with Crippen LogP contribution in [0.25, 0.3) is 10.9 Å². The molecule has 1 unspecified atom stereocenters. The Kier molecular flexibility index (Phi) is 4.52. The van der Waals surface area contributed by atoms with Crippen LogP contribution in [-0.4, -0.2) is 35.0 Å². The Morgan fingerprint density at radius 1 is 1.22 bits per heavy atom. The second kappa shape index (κ2) is 6.85. The van der Waals surface area contributed by atoms with Crippen LogP contribution in [0, 0.1) is 0 Å². The molecule has 0 N–H and O–H groups in total. The Morgan fingerprint density at radius 2 is 2.00 bits per heavy atom. The van der Waals surface area contributed by atoms with Crippen molar-refractivity contribution >= 4 is 28.4 Å². The first kappa shape index (κ1) is 17.8. The average Bonchev–Trinajstić information content (AvgIpc) is 2.86. The predicted molar refractivity (Wildman–Crippen MR) is 99.6 cm³/mol. The molecule has 0 aliphatic carbocycles. The van der Waals surface area contributed by atoms with Gasteiger partial charge in [-0.3, -0.25) is 4.79 Å². The molecule has 2 heterocycles. The summed E-state index contributed by atoms with van der Waals surface area (Å²) in [6.45, 7) is 0.219. The van der Waals surface area contributed by atoms with Gasteiger partial charge in [-0.25, -0.2) is 8.78 Å². The van der Waals surface area contributed by atoms with Gasteiger partial charge in [0, 0.05) is 24.2 Å². The Labute approximate surface area is 159 Å². The van der Waals surface area contributed by atoms with E-state index >= 15 is 0 Å². The number of amides is 1. The topological polar surface area (TPSA) is 34.5 Å². The molecule has 1 aliphatic heterocycles. The number of carbonyl (C=O) groups excluding carboxylic acids is 1. The Morgan fingerprint density at radius 3 is 2.78 bits per heavy atom. The molecule has 1 amide bonds. The highest BCUT2D eigenvalue weighted by molar-refractivity contribution is 6.35. The van der Waals surface area contributed by atoms with Crippen molar-refractivity contribution in [3.63, 3.8) is 0 Å². The van der Waals surface area contributed by atoms with Gasteiger partial charge in [-0.2, -0.15) is 0 Å². The van der Waals surface area contributed by atoms with Crippen LogP contribution in [-0.2, 0) is 7.05 Å². The molecule has 0 saturated carbocycles. The summed E-state index contributed by atoms with van der Waals surface area (Å²) in [7, 11) is 1.77. The van der Waals surface area contributed by atoms with Gasteiger partial charge in [0.15, 0.2) is 0 Å². The van der Waals surface area contributed by atoms with E-state index in [1.165, 1.54) is 4.90 Å². The van der Waals surface area contributed by atoms with E-state index in [9.17, 15) is 13.6 Å². The van der Waals surface area contributed by atoms with Crippen molar-refractivity contribution in [1.29, 1.82) is 0 Å². The maximum absolute atomic E-state index is 14.0. The number of fused-ring (bicyclic) bond motifs is 2. The molecule has 140 valence electrons. The molecule has 3 aromatic rings. The molecule has 4 nitrogen and oxygen atoms in total. The van der Waals surface area contributed by atoms with Gasteiger partial charge < -0.3 is 14.2 Å². The summed E-state index contributed by atoms with van der Waals surface area (Å²) in [6.07, 6.45) is -1.10. The zero-order valence-electron chi connectivity index (χ0n) is 14.5. The molecule has 0 saturated heterocycles. The maximum Gasteiger partial charge on any atom is 0.262 e. The van der Waals surface area contributed by atoms with Crippen LogP contribution in [0.15, 0.2) is 48.7 Å². The molecule has 0 fully saturated rings. The van der Waals surface area contributed by atoms with Crippen LogP contribution in [0.3, 0.4) is 0 Å². The lowest BCUT2D eigenvalue weighted by atomic mass is 10.0. The van der Waals surface area contributed by atoms with Crippen LogP contribution >= 0.6 is 11.6 Å². The lowest BCUT2D eigenvalue weighted by Gasteiger charge is -2.29. The number of alkyl halides is 2. The van der Waals surface area contributed by atoms with Gasteiger partial charge in [0.1, 0.15) is 18.4 Å². The number of hydrogen-bond acceptors (Lipinski definition) is 2. The Bertz CT molecular complexity index is 1020. The van der Waals surface area contributed by atoms with Crippen molar-refractivity contribution in [3.05, 3.63) is 64.8 Å². The third kappa shape index (κ3) is 2.94. The highest BCUT2D eigenvalue weighted by Crippen LogP contribution is 2.38. The van der Waals surface area contributed by atoms with Gasteiger partial charge in [0.05, 0.1) is 22.6 Å². The number of nitrogens with zero attached hydrogens (tertiary/aromatic N) is 2. The van der Waals surface area contributed by atoms with Gasteiger partial charge in [-0.05, 0) is 12.1 Å². The van der Waals surface area contributed by atoms with E-state index in [1.54, 1.807) is 60.3 Å². The number of aromatic nitrogens is 1. The van der Waals surface area contributed by atoms with Crippen molar-refractivity contribution in [2.45, 2.75) is 12.5 Å². The fourth-order valence-electron chi connectivity index (χ4n) is 3.66. The Balaban J connectivity index is 1.83. The molecule has 2 aromatic carbocycles. The third-order valence-electron chi connectivity index (χ3n) is 4.85. The van der Waals surface area contributed by atoms with Crippen molar-refractivity contribution in [2.75, 3.05) is 13.2 Å². The minimum Gasteiger partial charge on any atom is -0.491 e. The second-order valence-electron chi connectivity index (χ2n) is 6.45. The summed E-state index contributed by atoms with van der Waals surface area (Å²) in [6, 6.07) is 10.5. The van der Waals surface area contributed by atoms with E-state index in [0.717, 1.165) is 0 Å². The van der Waals surface area contributed by atoms with Crippen LogP contribution in [0.2, 0.25) is 5.02 Å². The van der Waals surface area contributed by atoms with Crippen LogP contribution in [0.5, 0.6) is 5.75 Å². The van der Waals surface area contributed by atoms with E-state index in [4.69, 9.17) is 16.3 Å². The number of hydrogen-bond donors (Lipinski definition) is 0. The first-order chi connectivity index (χ1) is 13.0. The van der Waals surface area contributed by atoms with Gasteiger partial charge in [-0.15, -0.1) is 0 Å². The molecule has 1 aromatic heterocycles. The first-order valence-corrected chi connectivity index (χ1v) is 8.91. The Hall–Kier alpha value is -2.60. The molecule has 0 radical (unpaired) electrons. The van der Waals surface area contributed by atoms with Gasteiger partial charge in [0.2, 0.25) is 0 Å². The summed E-state index contributed by atoms with van der Waals surface area (Å²) >= 11 is 6.25. The highest BCUT2D eigenvalue weighted by atomic mass is 35.5. The molecular weight excluding hydrogens is 374 g/mol. The number of halogens is 3. The van der Waals surface area contributed by atoms with Crippen molar-refractivity contribution < 1.29 is 18.3 Å². The largest absolute Gasteiger partial charge is 0.491 e. The number of ether oxygens (including phenoxy) is 1. The van der Waals surface area contributed by atoms with E-state index in [2.05, 4.69) is 0 Å². The molecule has 1 atom stereocenters. The van der Waals surface area contributed by atoms with E-state index < -0.39 is 18.4 Å². The molecule has 4 rings (SSSR count). The number of aryl methyl sites for hydroxylation is 1. The number of benzene rings is 2.